The molecule has 2 heterocycles. The van der Waals surface area contributed by atoms with E-state index in [4.69, 9.17) is 9.72 Å². The monoisotopic (exact) mass is 437 g/mol. The van der Waals surface area contributed by atoms with Gasteiger partial charge < -0.3 is 14.8 Å². The maximum Gasteiger partial charge on any atom is 0.278 e. The van der Waals surface area contributed by atoms with Crippen molar-refractivity contribution in [3.05, 3.63) is 118 Å². The van der Waals surface area contributed by atoms with Crippen LogP contribution in [0.1, 0.15) is 22.5 Å². The maximum absolute atomic E-state index is 13.3. The SMILES string of the molecule is COc1cccc(Cc2nc3c(Cc4ccccc4)[nH]c(-c4cccc(O)c4)cn-3c2=O)c1. The molecular weight excluding hydrogens is 414 g/mol. The molecule has 2 aliphatic heterocycles. The number of nitrogens with zero attached hydrogens (tertiary/aromatic N) is 2. The Morgan fingerprint density at radius 2 is 1.73 bits per heavy atom. The number of hydrogen-bond acceptors (Lipinski definition) is 4. The Labute approximate surface area is 191 Å². The Bertz CT molecular complexity index is 1440. The molecular formula is C27H23N3O3. The van der Waals surface area contributed by atoms with Gasteiger partial charge >= 0.3 is 0 Å². The fourth-order valence-electron chi connectivity index (χ4n) is 4.01. The molecule has 0 aromatic heterocycles. The first kappa shape index (κ1) is 20.6. The topological polar surface area (TPSA) is 80.1 Å². The van der Waals surface area contributed by atoms with Gasteiger partial charge in [0.25, 0.3) is 5.56 Å². The zero-order valence-corrected chi connectivity index (χ0v) is 18.2. The van der Waals surface area contributed by atoms with Crippen molar-refractivity contribution < 1.29 is 9.84 Å². The number of aromatic amines is 1. The number of ether oxygens (including phenoxy) is 1. The Morgan fingerprint density at radius 3 is 2.52 bits per heavy atom. The highest BCUT2D eigenvalue weighted by atomic mass is 16.5. The average molecular weight is 437 g/mol. The highest BCUT2D eigenvalue weighted by Gasteiger charge is 2.20. The highest BCUT2D eigenvalue weighted by Crippen LogP contribution is 2.26. The molecule has 0 amide bonds. The fourth-order valence-corrected chi connectivity index (χ4v) is 4.01. The van der Waals surface area contributed by atoms with Crippen molar-refractivity contribution in [2.24, 2.45) is 0 Å². The van der Waals surface area contributed by atoms with Gasteiger partial charge in [0, 0.05) is 24.6 Å². The van der Waals surface area contributed by atoms with Gasteiger partial charge in [0.05, 0.1) is 18.5 Å². The molecule has 0 fully saturated rings. The van der Waals surface area contributed by atoms with Crippen LogP contribution in [0.4, 0.5) is 0 Å². The summed E-state index contributed by atoms with van der Waals surface area (Å²) in [5, 5.41) is 9.95. The first-order valence-corrected chi connectivity index (χ1v) is 10.7. The second-order valence-corrected chi connectivity index (χ2v) is 7.94. The minimum atomic E-state index is -0.155. The van der Waals surface area contributed by atoms with Gasteiger partial charge in [-0.3, -0.25) is 9.36 Å². The number of phenols is 1. The number of nitrogens with one attached hydrogen (secondary N) is 1. The van der Waals surface area contributed by atoms with Crippen molar-refractivity contribution in [2.45, 2.75) is 12.8 Å². The van der Waals surface area contributed by atoms with Crippen LogP contribution >= 0.6 is 0 Å². The van der Waals surface area contributed by atoms with Gasteiger partial charge in [-0.25, -0.2) is 4.98 Å². The summed E-state index contributed by atoms with van der Waals surface area (Å²) in [6.07, 6.45) is 2.75. The van der Waals surface area contributed by atoms with Crippen LogP contribution in [-0.2, 0) is 12.8 Å². The van der Waals surface area contributed by atoms with Crippen molar-refractivity contribution in [3.63, 3.8) is 0 Å². The normalized spacial score (nSPS) is 11.1. The maximum atomic E-state index is 13.3. The molecule has 5 rings (SSSR count). The van der Waals surface area contributed by atoms with Crippen molar-refractivity contribution >= 4 is 0 Å². The van der Waals surface area contributed by atoms with Gasteiger partial charge in [0.15, 0.2) is 5.82 Å². The number of fused-ring (bicyclic) bond motifs is 1. The first-order chi connectivity index (χ1) is 16.1. The number of aromatic nitrogens is 3. The number of imidazole rings is 1. The molecule has 3 aromatic carbocycles. The molecule has 0 saturated carbocycles. The predicted octanol–water partition coefficient (Wildman–Crippen LogP) is 4.56. The summed E-state index contributed by atoms with van der Waals surface area (Å²) in [7, 11) is 1.62. The van der Waals surface area contributed by atoms with Gasteiger partial charge in [0.2, 0.25) is 0 Å². The van der Waals surface area contributed by atoms with E-state index in [1.807, 2.05) is 60.7 Å². The molecule has 0 aliphatic carbocycles. The van der Waals surface area contributed by atoms with Crippen LogP contribution in [0.15, 0.2) is 89.9 Å². The lowest BCUT2D eigenvalue weighted by atomic mass is 10.1. The number of benzene rings is 3. The van der Waals surface area contributed by atoms with Crippen LogP contribution in [0.5, 0.6) is 11.5 Å². The van der Waals surface area contributed by atoms with E-state index >= 15 is 0 Å². The van der Waals surface area contributed by atoms with E-state index in [1.54, 1.807) is 36.1 Å². The van der Waals surface area contributed by atoms with Gasteiger partial charge in [-0.1, -0.05) is 54.6 Å². The summed E-state index contributed by atoms with van der Waals surface area (Å²) in [4.78, 5) is 21.5. The van der Waals surface area contributed by atoms with Crippen molar-refractivity contribution in [1.29, 1.82) is 0 Å². The molecule has 2 aliphatic rings. The van der Waals surface area contributed by atoms with Gasteiger partial charge in [-0.15, -0.1) is 0 Å². The Balaban J connectivity index is 1.64. The molecule has 33 heavy (non-hydrogen) atoms. The van der Waals surface area contributed by atoms with E-state index in [0.717, 1.165) is 33.8 Å². The van der Waals surface area contributed by atoms with E-state index in [9.17, 15) is 9.90 Å². The van der Waals surface area contributed by atoms with E-state index in [0.29, 0.717) is 24.4 Å². The summed E-state index contributed by atoms with van der Waals surface area (Å²) in [5.74, 6) is 1.51. The van der Waals surface area contributed by atoms with Crippen LogP contribution in [0, 0.1) is 0 Å². The average Bonchev–Trinajstić information content (AvgIpc) is 3.15. The highest BCUT2D eigenvalue weighted by molar-refractivity contribution is 5.62. The van der Waals surface area contributed by atoms with E-state index < -0.39 is 0 Å². The number of methoxy groups -OCH3 is 1. The zero-order valence-electron chi connectivity index (χ0n) is 18.2. The van der Waals surface area contributed by atoms with E-state index in [-0.39, 0.29) is 11.3 Å². The number of hydrogen-bond donors (Lipinski definition) is 2. The predicted molar refractivity (Wildman–Crippen MR) is 128 cm³/mol. The van der Waals surface area contributed by atoms with E-state index in [1.165, 1.54) is 0 Å². The van der Waals surface area contributed by atoms with Crippen molar-refractivity contribution in [3.8, 4) is 28.6 Å². The van der Waals surface area contributed by atoms with Crippen LogP contribution in [0.2, 0.25) is 0 Å². The van der Waals surface area contributed by atoms with Crippen molar-refractivity contribution in [1.82, 2.24) is 14.5 Å². The molecule has 0 atom stereocenters. The molecule has 0 saturated heterocycles. The standard InChI is InChI=1S/C27H23N3O3/c1-33-22-12-5-9-19(13-22)15-24-27(32)30-17-25(20-10-6-11-21(31)16-20)28-23(26(30)29-24)14-18-7-3-2-4-8-18/h2-13,16-17,28,31H,14-15H2,1H3. The molecule has 164 valence electrons. The smallest absolute Gasteiger partial charge is 0.278 e. The lowest BCUT2D eigenvalue weighted by Crippen LogP contribution is -2.17. The largest absolute Gasteiger partial charge is 0.508 e. The zero-order chi connectivity index (χ0) is 22.8. The summed E-state index contributed by atoms with van der Waals surface area (Å²) >= 11 is 0. The summed E-state index contributed by atoms with van der Waals surface area (Å²) in [6.45, 7) is 0. The number of rotatable bonds is 6. The minimum Gasteiger partial charge on any atom is -0.508 e. The number of H-pyrrole nitrogens is 1. The van der Waals surface area contributed by atoms with E-state index in [2.05, 4.69) is 4.98 Å². The van der Waals surface area contributed by atoms with Gasteiger partial charge in [0.1, 0.15) is 17.2 Å². The third kappa shape index (κ3) is 4.23. The summed E-state index contributed by atoms with van der Waals surface area (Å²) in [5.41, 5.74) is 4.72. The minimum absolute atomic E-state index is 0.155. The Kier molecular flexibility index (Phi) is 5.40. The molecule has 0 spiro atoms. The Morgan fingerprint density at radius 1 is 0.939 bits per heavy atom. The molecule has 6 heteroatoms. The quantitative estimate of drug-likeness (QED) is 0.408. The lowest BCUT2D eigenvalue weighted by molar-refractivity contribution is 0.414. The fraction of sp³-hybridized carbons (Fsp3) is 0.111. The third-order valence-electron chi connectivity index (χ3n) is 5.63. The third-order valence-corrected chi connectivity index (χ3v) is 5.63. The Hall–Kier alpha value is -4.32. The first-order valence-electron chi connectivity index (χ1n) is 10.7. The van der Waals surface area contributed by atoms with Crippen LogP contribution in [0.3, 0.4) is 0 Å². The molecule has 3 aromatic rings. The summed E-state index contributed by atoms with van der Waals surface area (Å²) in [6, 6.07) is 24.7. The number of aromatic hydroxyl groups is 1. The van der Waals surface area contributed by atoms with Crippen LogP contribution in [-0.4, -0.2) is 26.8 Å². The van der Waals surface area contributed by atoms with Crippen LogP contribution < -0.4 is 10.3 Å². The molecule has 0 radical (unpaired) electrons. The van der Waals surface area contributed by atoms with Gasteiger partial charge in [-0.05, 0) is 35.4 Å². The molecule has 0 unspecified atom stereocenters. The van der Waals surface area contributed by atoms with Gasteiger partial charge in [-0.2, -0.15) is 0 Å². The molecule has 2 N–H and O–H groups in total. The second kappa shape index (κ2) is 8.67. The molecule has 0 bridgehead atoms. The molecule has 6 nitrogen and oxygen atoms in total. The number of phenolic OH excluding ortho intramolecular Hbond substituents is 1. The summed E-state index contributed by atoms with van der Waals surface area (Å²) < 4.78 is 6.91. The van der Waals surface area contributed by atoms with Crippen molar-refractivity contribution in [2.75, 3.05) is 7.11 Å². The lowest BCUT2D eigenvalue weighted by Gasteiger charge is -2.13. The van der Waals surface area contributed by atoms with Crippen LogP contribution in [0.25, 0.3) is 17.1 Å². The second-order valence-electron chi connectivity index (χ2n) is 7.94.